The summed E-state index contributed by atoms with van der Waals surface area (Å²) in [5.41, 5.74) is 0.511. The van der Waals surface area contributed by atoms with E-state index in [1.165, 1.54) is 12.1 Å². The lowest BCUT2D eigenvalue weighted by atomic mass is 9.84. The third kappa shape index (κ3) is 3.42. The van der Waals surface area contributed by atoms with Crippen LogP contribution < -0.4 is 0 Å². The van der Waals surface area contributed by atoms with Crippen LogP contribution in [0.3, 0.4) is 0 Å². The second-order valence-corrected chi connectivity index (χ2v) is 7.29. The van der Waals surface area contributed by atoms with Crippen molar-refractivity contribution in [3.63, 3.8) is 0 Å². The fourth-order valence-corrected chi connectivity index (χ4v) is 3.59. The molecule has 4 rings (SSSR count). The normalized spacial score (nSPS) is 18.9. The predicted molar refractivity (Wildman–Crippen MR) is 107 cm³/mol. The first-order valence-electron chi connectivity index (χ1n) is 9.34. The lowest BCUT2D eigenvalue weighted by Gasteiger charge is -2.29. The van der Waals surface area contributed by atoms with Crippen molar-refractivity contribution in [3.05, 3.63) is 107 Å². The number of rotatable bonds is 3. The van der Waals surface area contributed by atoms with Gasteiger partial charge in [-0.3, -0.25) is 0 Å². The van der Waals surface area contributed by atoms with Gasteiger partial charge in [0, 0.05) is 11.1 Å². The van der Waals surface area contributed by atoms with Crippen molar-refractivity contribution in [2.24, 2.45) is 0 Å². The van der Waals surface area contributed by atoms with E-state index in [-0.39, 0.29) is 0 Å². The molecule has 0 radical (unpaired) electrons. The van der Waals surface area contributed by atoms with Crippen LogP contribution in [0.2, 0.25) is 0 Å². The molecular formula is C24H17F3O4. The number of benzene rings is 3. The van der Waals surface area contributed by atoms with E-state index >= 15 is 0 Å². The molecule has 0 bridgehead atoms. The molecule has 1 heterocycles. The number of alkyl halides is 3. The Balaban J connectivity index is 1.76. The summed E-state index contributed by atoms with van der Waals surface area (Å²) in [4.78, 5) is 12.0. The minimum absolute atomic E-state index is 0.377. The third-order valence-electron chi connectivity index (χ3n) is 5.29. The van der Waals surface area contributed by atoms with Crippen molar-refractivity contribution in [2.75, 3.05) is 0 Å². The molecule has 0 amide bonds. The maximum Gasteiger partial charge on any atom is 0.416 e. The molecule has 31 heavy (non-hydrogen) atoms. The Kier molecular flexibility index (Phi) is 4.76. The molecule has 7 heteroatoms. The Morgan fingerprint density at radius 2 is 1.23 bits per heavy atom. The number of hydrogen-bond donors (Lipinski definition) is 2. The second-order valence-electron chi connectivity index (χ2n) is 7.29. The van der Waals surface area contributed by atoms with E-state index in [1.807, 2.05) is 6.92 Å². The summed E-state index contributed by atoms with van der Waals surface area (Å²) in [6, 6.07) is 18.1. The van der Waals surface area contributed by atoms with E-state index in [0.717, 1.165) is 17.7 Å². The summed E-state index contributed by atoms with van der Waals surface area (Å²) in [5, 5.41) is 20.6. The molecule has 2 N–H and O–H groups in total. The number of carbonyl (C=O) groups excluding carboxylic acids is 1. The molecule has 3 aromatic rings. The maximum atomic E-state index is 12.8. The quantitative estimate of drug-likeness (QED) is 0.519. The topological polar surface area (TPSA) is 66.8 Å². The van der Waals surface area contributed by atoms with Crippen molar-refractivity contribution < 1.29 is 32.9 Å². The number of esters is 1. The van der Waals surface area contributed by atoms with Gasteiger partial charge < -0.3 is 14.9 Å². The Hall–Kier alpha value is -3.74. The Morgan fingerprint density at radius 1 is 0.774 bits per heavy atom. The maximum absolute atomic E-state index is 12.8. The highest BCUT2D eigenvalue weighted by molar-refractivity contribution is 5.91. The molecule has 4 nitrogen and oxygen atoms in total. The summed E-state index contributed by atoms with van der Waals surface area (Å²) in [6.45, 7) is 1.88. The number of halogens is 3. The van der Waals surface area contributed by atoms with E-state index < -0.39 is 34.8 Å². The molecule has 0 saturated carbocycles. The van der Waals surface area contributed by atoms with E-state index in [4.69, 9.17) is 4.74 Å². The zero-order chi connectivity index (χ0) is 22.4. The van der Waals surface area contributed by atoms with E-state index in [0.29, 0.717) is 22.3 Å². The lowest BCUT2D eigenvalue weighted by molar-refractivity contribution is -0.148. The molecule has 3 aromatic carbocycles. The zero-order valence-corrected chi connectivity index (χ0v) is 16.3. The van der Waals surface area contributed by atoms with Gasteiger partial charge in [0.2, 0.25) is 11.4 Å². The van der Waals surface area contributed by atoms with Gasteiger partial charge in [0.05, 0.1) is 5.56 Å². The van der Waals surface area contributed by atoms with Crippen LogP contribution in [0.1, 0.15) is 22.3 Å². The average molecular weight is 426 g/mol. The molecule has 1 aliphatic rings. The second kappa shape index (κ2) is 7.19. The van der Waals surface area contributed by atoms with Crippen LogP contribution in [0.4, 0.5) is 13.2 Å². The number of aliphatic hydroxyl groups is 2. The van der Waals surface area contributed by atoms with Gasteiger partial charge in [0.15, 0.2) is 5.76 Å². The lowest BCUT2D eigenvalue weighted by Crippen LogP contribution is -2.31. The van der Waals surface area contributed by atoms with Gasteiger partial charge >= 0.3 is 12.1 Å². The Morgan fingerprint density at radius 3 is 1.65 bits per heavy atom. The van der Waals surface area contributed by atoms with Gasteiger partial charge in [-0.1, -0.05) is 66.2 Å². The first-order chi connectivity index (χ1) is 14.6. The molecular weight excluding hydrogens is 409 g/mol. The van der Waals surface area contributed by atoms with Gasteiger partial charge in [-0.15, -0.1) is 0 Å². The third-order valence-corrected chi connectivity index (χ3v) is 5.29. The largest absolute Gasteiger partial charge is 0.504 e. The van der Waals surface area contributed by atoms with Crippen LogP contribution >= 0.6 is 0 Å². The van der Waals surface area contributed by atoms with E-state index in [2.05, 4.69) is 0 Å². The first-order valence-corrected chi connectivity index (χ1v) is 9.34. The van der Waals surface area contributed by atoms with Crippen molar-refractivity contribution in [2.45, 2.75) is 18.7 Å². The number of hydrogen-bond acceptors (Lipinski definition) is 4. The number of ether oxygens (including phenoxy) is 1. The van der Waals surface area contributed by atoms with Crippen molar-refractivity contribution in [1.29, 1.82) is 0 Å². The summed E-state index contributed by atoms with van der Waals surface area (Å²) in [7, 11) is 0. The molecule has 1 atom stereocenters. The zero-order valence-electron chi connectivity index (χ0n) is 16.3. The van der Waals surface area contributed by atoms with Gasteiger partial charge in [-0.2, -0.15) is 13.2 Å². The van der Waals surface area contributed by atoms with Crippen LogP contribution in [0, 0.1) is 6.92 Å². The van der Waals surface area contributed by atoms with Crippen molar-refractivity contribution in [1.82, 2.24) is 0 Å². The highest BCUT2D eigenvalue weighted by Crippen LogP contribution is 2.45. The van der Waals surface area contributed by atoms with Gasteiger partial charge in [0.25, 0.3) is 0 Å². The molecule has 1 aliphatic heterocycles. The fourth-order valence-electron chi connectivity index (χ4n) is 3.59. The molecule has 1 unspecified atom stereocenters. The molecule has 0 aliphatic carbocycles. The molecule has 158 valence electrons. The van der Waals surface area contributed by atoms with Crippen LogP contribution in [0.15, 0.2) is 84.3 Å². The van der Waals surface area contributed by atoms with Gasteiger partial charge in [-0.25, -0.2) is 4.79 Å². The minimum atomic E-state index is -4.42. The highest BCUT2D eigenvalue weighted by Gasteiger charge is 2.51. The monoisotopic (exact) mass is 426 g/mol. The van der Waals surface area contributed by atoms with E-state index in [1.54, 1.807) is 48.5 Å². The standard InChI is InChI=1S/C24H17F3O4/c1-14-2-8-17(9-3-14)23(21(29)20(28)22(30)31-23)18-10-4-15(5-11-18)16-6-12-19(13-7-16)24(25,26)27/h2-13,28-29H,1H3. The van der Waals surface area contributed by atoms with Crippen LogP contribution in [0.5, 0.6) is 0 Å². The summed E-state index contributed by atoms with van der Waals surface area (Å²) < 4.78 is 43.8. The minimum Gasteiger partial charge on any atom is -0.504 e. The Bertz CT molecular complexity index is 1160. The van der Waals surface area contributed by atoms with E-state index in [9.17, 15) is 28.2 Å². The molecule has 0 aromatic heterocycles. The van der Waals surface area contributed by atoms with Crippen LogP contribution in [-0.4, -0.2) is 16.2 Å². The summed E-state index contributed by atoms with van der Waals surface area (Å²) >= 11 is 0. The summed E-state index contributed by atoms with van der Waals surface area (Å²) in [6.07, 6.45) is -4.42. The van der Waals surface area contributed by atoms with Gasteiger partial charge in [0.1, 0.15) is 0 Å². The fraction of sp³-hybridized carbons (Fsp3) is 0.125. The summed E-state index contributed by atoms with van der Waals surface area (Å²) in [5.74, 6) is -2.54. The average Bonchev–Trinajstić information content (AvgIpc) is 2.99. The number of aryl methyl sites for hydroxylation is 1. The predicted octanol–water partition coefficient (Wildman–Crippen LogP) is 5.81. The van der Waals surface area contributed by atoms with Crippen LogP contribution in [0.25, 0.3) is 11.1 Å². The SMILES string of the molecule is Cc1ccc(C2(c3ccc(-c4ccc(C(F)(F)F)cc4)cc3)OC(=O)C(O)=C2O)cc1. The van der Waals surface area contributed by atoms with Crippen LogP contribution in [-0.2, 0) is 21.3 Å². The Labute approximate surface area is 175 Å². The van der Waals surface area contributed by atoms with Gasteiger partial charge in [-0.05, 0) is 30.2 Å². The smallest absolute Gasteiger partial charge is 0.416 e. The number of cyclic esters (lactones) is 1. The number of aliphatic hydroxyl groups excluding tert-OH is 2. The number of carbonyl (C=O) groups is 1. The molecule has 0 fully saturated rings. The first kappa shape index (κ1) is 20.5. The van der Waals surface area contributed by atoms with Crippen molar-refractivity contribution in [3.8, 4) is 11.1 Å². The molecule has 0 saturated heterocycles. The highest BCUT2D eigenvalue weighted by atomic mass is 19.4. The van der Waals surface area contributed by atoms with Crippen molar-refractivity contribution >= 4 is 5.97 Å². The molecule has 0 spiro atoms.